The largest absolute Gasteiger partial charge is 0.411 e. The first kappa shape index (κ1) is 19.6. The van der Waals surface area contributed by atoms with Crippen molar-refractivity contribution in [3.8, 4) is 0 Å². The van der Waals surface area contributed by atoms with Crippen molar-refractivity contribution in [3.05, 3.63) is 41.5 Å². The van der Waals surface area contributed by atoms with Gasteiger partial charge < -0.3 is 18.8 Å². The molecule has 1 aromatic heterocycles. The molecule has 1 aromatic carbocycles. The zero-order valence-corrected chi connectivity index (χ0v) is 17.7. The van der Waals surface area contributed by atoms with E-state index in [0.717, 1.165) is 71.7 Å². The van der Waals surface area contributed by atoms with E-state index in [1.54, 1.807) is 12.1 Å². The molecule has 0 saturated carbocycles. The van der Waals surface area contributed by atoms with Crippen LogP contribution in [0.4, 0.5) is 10.4 Å². The second-order valence-corrected chi connectivity index (χ2v) is 9.57. The molecule has 0 N–H and O–H groups in total. The van der Waals surface area contributed by atoms with E-state index in [2.05, 4.69) is 20.0 Å². The van der Waals surface area contributed by atoms with Crippen molar-refractivity contribution < 1.29 is 18.3 Å². The number of piperidine rings is 1. The van der Waals surface area contributed by atoms with Crippen LogP contribution in [0.2, 0.25) is 0 Å². The van der Waals surface area contributed by atoms with Gasteiger partial charge in [0, 0.05) is 18.6 Å². The van der Waals surface area contributed by atoms with E-state index in [-0.39, 0.29) is 11.4 Å². The SMILES string of the molecule is Fc1ccc([C@H]2CCOC2)c(C2CCN([C@@H]3COC4(C3)CN(c3nnco3)C4)CC2)c1. The molecule has 0 radical (unpaired) electrons. The Bertz CT molecular complexity index is 904. The molecule has 1 spiro atoms. The first-order chi connectivity index (χ1) is 15.2. The molecule has 5 heterocycles. The first-order valence-corrected chi connectivity index (χ1v) is 11.5. The minimum atomic E-state index is -0.123. The normalized spacial score (nSPS) is 29.0. The molecule has 8 heteroatoms. The Balaban J connectivity index is 1.07. The standard InChI is InChI=1S/C23H29FN4O3/c24-18-1-2-20(17-5-8-29-11-17)21(9-18)16-3-6-27(7-4-16)19-10-23(31-12-19)13-28(14-23)22-26-25-15-30-22/h1-2,9,15-17,19H,3-8,10-14H2/t17-,19-/m0/s1. The highest BCUT2D eigenvalue weighted by Crippen LogP contribution is 2.41. The zero-order valence-electron chi connectivity index (χ0n) is 17.7. The summed E-state index contributed by atoms with van der Waals surface area (Å²) >= 11 is 0. The highest BCUT2D eigenvalue weighted by atomic mass is 19.1. The van der Waals surface area contributed by atoms with E-state index in [4.69, 9.17) is 13.9 Å². The summed E-state index contributed by atoms with van der Waals surface area (Å²) < 4.78 is 31.2. The molecule has 6 rings (SSSR count). The molecule has 4 fully saturated rings. The lowest BCUT2D eigenvalue weighted by atomic mass is 9.81. The number of anilines is 1. The topological polar surface area (TPSA) is 63.9 Å². The molecule has 0 amide bonds. The van der Waals surface area contributed by atoms with Gasteiger partial charge >= 0.3 is 6.01 Å². The van der Waals surface area contributed by atoms with Crippen molar-refractivity contribution in [1.29, 1.82) is 0 Å². The van der Waals surface area contributed by atoms with Crippen LogP contribution in [-0.2, 0) is 9.47 Å². The van der Waals surface area contributed by atoms with Crippen LogP contribution < -0.4 is 4.90 Å². The molecule has 2 aromatic rings. The van der Waals surface area contributed by atoms with Crippen LogP contribution in [-0.4, -0.2) is 72.7 Å². The second-order valence-electron chi connectivity index (χ2n) is 9.57. The Morgan fingerprint density at radius 1 is 1.03 bits per heavy atom. The van der Waals surface area contributed by atoms with E-state index in [1.807, 2.05) is 6.07 Å². The van der Waals surface area contributed by atoms with Crippen LogP contribution in [0.5, 0.6) is 0 Å². The maximum atomic E-state index is 14.1. The third-order valence-electron chi connectivity index (χ3n) is 7.67. The van der Waals surface area contributed by atoms with Gasteiger partial charge in [0.2, 0.25) is 6.39 Å². The molecule has 2 atom stereocenters. The van der Waals surface area contributed by atoms with Crippen LogP contribution in [0.1, 0.15) is 48.6 Å². The summed E-state index contributed by atoms with van der Waals surface area (Å²) in [6.07, 6.45) is 5.60. The number of ether oxygens (including phenoxy) is 2. The number of rotatable bonds is 4. The Labute approximate surface area is 181 Å². The summed E-state index contributed by atoms with van der Waals surface area (Å²) in [6, 6.07) is 6.43. The zero-order chi connectivity index (χ0) is 20.8. The summed E-state index contributed by atoms with van der Waals surface area (Å²) in [5.41, 5.74) is 2.44. The van der Waals surface area contributed by atoms with Crippen molar-refractivity contribution in [2.24, 2.45) is 0 Å². The molecular weight excluding hydrogens is 399 g/mol. The minimum absolute atomic E-state index is 0.0752. The lowest BCUT2D eigenvalue weighted by Crippen LogP contribution is -2.62. The van der Waals surface area contributed by atoms with E-state index < -0.39 is 0 Å². The fraction of sp³-hybridized carbons (Fsp3) is 0.652. The average Bonchev–Trinajstić information content (AvgIpc) is 3.54. The third kappa shape index (κ3) is 3.64. The van der Waals surface area contributed by atoms with Gasteiger partial charge in [0.15, 0.2) is 0 Å². The maximum Gasteiger partial charge on any atom is 0.318 e. The fourth-order valence-electron chi connectivity index (χ4n) is 5.99. The molecule has 0 unspecified atom stereocenters. The first-order valence-electron chi connectivity index (χ1n) is 11.5. The highest BCUT2D eigenvalue weighted by molar-refractivity contribution is 5.36. The van der Waals surface area contributed by atoms with Gasteiger partial charge in [-0.05, 0) is 68.0 Å². The number of benzene rings is 1. The fourth-order valence-corrected chi connectivity index (χ4v) is 5.99. The van der Waals surface area contributed by atoms with Gasteiger partial charge in [-0.15, -0.1) is 5.10 Å². The molecular formula is C23H29FN4O3. The van der Waals surface area contributed by atoms with Gasteiger partial charge in [-0.2, -0.15) is 0 Å². The van der Waals surface area contributed by atoms with Gasteiger partial charge in [-0.25, -0.2) is 4.39 Å². The van der Waals surface area contributed by atoms with Crippen molar-refractivity contribution in [1.82, 2.24) is 15.1 Å². The summed E-state index contributed by atoms with van der Waals surface area (Å²) in [5.74, 6) is 0.717. The van der Waals surface area contributed by atoms with Crippen molar-refractivity contribution in [3.63, 3.8) is 0 Å². The lowest BCUT2D eigenvalue weighted by Gasteiger charge is -2.46. The molecule has 166 valence electrons. The molecule has 4 aliphatic rings. The second kappa shape index (κ2) is 7.83. The summed E-state index contributed by atoms with van der Waals surface area (Å²) in [6.45, 7) is 6.08. The van der Waals surface area contributed by atoms with Crippen LogP contribution in [0.3, 0.4) is 0 Å². The Morgan fingerprint density at radius 2 is 1.90 bits per heavy atom. The van der Waals surface area contributed by atoms with E-state index in [9.17, 15) is 4.39 Å². The third-order valence-corrected chi connectivity index (χ3v) is 7.67. The van der Waals surface area contributed by atoms with Crippen LogP contribution >= 0.6 is 0 Å². The predicted molar refractivity (Wildman–Crippen MR) is 112 cm³/mol. The molecule has 0 aliphatic carbocycles. The van der Waals surface area contributed by atoms with E-state index in [1.165, 1.54) is 17.5 Å². The van der Waals surface area contributed by atoms with Crippen molar-refractivity contribution in [2.45, 2.75) is 49.2 Å². The molecule has 31 heavy (non-hydrogen) atoms. The lowest BCUT2D eigenvalue weighted by molar-refractivity contribution is -0.0216. The molecule has 7 nitrogen and oxygen atoms in total. The molecule has 4 aliphatic heterocycles. The van der Waals surface area contributed by atoms with Crippen LogP contribution in [0, 0.1) is 5.82 Å². The van der Waals surface area contributed by atoms with Gasteiger partial charge in [0.1, 0.15) is 11.4 Å². The molecule has 0 bridgehead atoms. The number of hydrogen-bond acceptors (Lipinski definition) is 7. The number of hydrogen-bond donors (Lipinski definition) is 0. The molecule has 4 saturated heterocycles. The van der Waals surface area contributed by atoms with Crippen molar-refractivity contribution >= 4 is 6.01 Å². The van der Waals surface area contributed by atoms with Gasteiger partial charge in [-0.1, -0.05) is 11.2 Å². The predicted octanol–water partition coefficient (Wildman–Crippen LogP) is 2.94. The number of aromatic nitrogens is 2. The van der Waals surface area contributed by atoms with Crippen molar-refractivity contribution in [2.75, 3.05) is 50.9 Å². The summed E-state index contributed by atoms with van der Waals surface area (Å²) in [4.78, 5) is 4.66. The summed E-state index contributed by atoms with van der Waals surface area (Å²) in [7, 11) is 0. The number of nitrogens with zero attached hydrogens (tertiary/aromatic N) is 4. The maximum absolute atomic E-state index is 14.1. The van der Waals surface area contributed by atoms with Gasteiger partial charge in [0.05, 0.1) is 26.3 Å². The van der Waals surface area contributed by atoms with E-state index >= 15 is 0 Å². The highest BCUT2D eigenvalue weighted by Gasteiger charge is 2.52. The van der Waals surface area contributed by atoms with Gasteiger partial charge in [0.25, 0.3) is 0 Å². The minimum Gasteiger partial charge on any atom is -0.411 e. The quantitative estimate of drug-likeness (QED) is 0.742. The van der Waals surface area contributed by atoms with Crippen LogP contribution in [0.25, 0.3) is 0 Å². The Morgan fingerprint density at radius 3 is 2.65 bits per heavy atom. The number of halogens is 1. The monoisotopic (exact) mass is 428 g/mol. The van der Waals surface area contributed by atoms with E-state index in [0.29, 0.717) is 23.9 Å². The number of likely N-dealkylation sites (tertiary alicyclic amines) is 1. The Kier molecular flexibility index (Phi) is 4.96. The van der Waals surface area contributed by atoms with Crippen LogP contribution in [0.15, 0.2) is 29.0 Å². The summed E-state index contributed by atoms with van der Waals surface area (Å²) in [5, 5.41) is 7.75. The Hall–Kier alpha value is -2.03. The van der Waals surface area contributed by atoms with Gasteiger partial charge in [-0.3, -0.25) is 4.90 Å². The smallest absolute Gasteiger partial charge is 0.318 e. The average molecular weight is 429 g/mol.